The normalized spacial score (nSPS) is 9.85. The molecule has 0 bridgehead atoms. The number of amides is 1. The molecule has 0 aliphatic rings. The van der Waals surface area contributed by atoms with Crippen LogP contribution in [0.5, 0.6) is 0 Å². The highest BCUT2D eigenvalue weighted by Crippen LogP contribution is 2.15. The van der Waals surface area contributed by atoms with Crippen LogP contribution in [0, 0.1) is 11.8 Å². The SMILES string of the molecule is O=C(Cc1ccsc1)NCc1ccc(C#CCCO)s1. The fourth-order valence-corrected chi connectivity index (χ4v) is 3.06. The van der Waals surface area contributed by atoms with Crippen molar-refractivity contribution in [1.29, 1.82) is 0 Å². The Labute approximate surface area is 126 Å². The molecular weight excluding hydrogens is 290 g/mol. The average Bonchev–Trinajstić information content (AvgIpc) is 3.08. The van der Waals surface area contributed by atoms with E-state index in [2.05, 4.69) is 17.2 Å². The van der Waals surface area contributed by atoms with Gasteiger partial charge in [-0.1, -0.05) is 11.8 Å². The second kappa shape index (κ2) is 7.85. The van der Waals surface area contributed by atoms with Crippen LogP contribution in [-0.4, -0.2) is 17.6 Å². The third-order valence-electron chi connectivity index (χ3n) is 2.51. The highest BCUT2D eigenvalue weighted by molar-refractivity contribution is 7.12. The average molecular weight is 305 g/mol. The van der Waals surface area contributed by atoms with E-state index in [-0.39, 0.29) is 12.5 Å². The Hall–Kier alpha value is -1.61. The lowest BCUT2D eigenvalue weighted by molar-refractivity contribution is -0.120. The van der Waals surface area contributed by atoms with E-state index in [1.165, 1.54) is 0 Å². The van der Waals surface area contributed by atoms with E-state index in [1.54, 1.807) is 22.7 Å². The Morgan fingerprint density at radius 3 is 3.00 bits per heavy atom. The van der Waals surface area contributed by atoms with Gasteiger partial charge in [0.1, 0.15) is 0 Å². The van der Waals surface area contributed by atoms with Gasteiger partial charge in [0.2, 0.25) is 5.91 Å². The number of hydrogen-bond donors (Lipinski definition) is 2. The summed E-state index contributed by atoms with van der Waals surface area (Å²) in [6.45, 7) is 0.624. The summed E-state index contributed by atoms with van der Waals surface area (Å²) in [6.07, 6.45) is 0.919. The standard InChI is InChI=1S/C15H15NO2S2/c17-7-2-1-3-13-4-5-14(20-13)10-16-15(18)9-12-6-8-19-11-12/h4-6,8,11,17H,2,7,9-10H2,(H,16,18). The third kappa shape index (κ3) is 4.82. The highest BCUT2D eigenvalue weighted by Gasteiger charge is 2.04. The molecule has 5 heteroatoms. The summed E-state index contributed by atoms with van der Waals surface area (Å²) in [5, 5.41) is 15.5. The predicted molar refractivity (Wildman–Crippen MR) is 82.8 cm³/mol. The number of aliphatic hydroxyl groups is 1. The molecule has 2 heterocycles. The zero-order chi connectivity index (χ0) is 14.2. The molecule has 0 radical (unpaired) electrons. The topological polar surface area (TPSA) is 49.3 Å². The number of thiophene rings is 2. The number of nitrogens with one attached hydrogen (secondary N) is 1. The number of rotatable bonds is 5. The van der Waals surface area contributed by atoms with Crippen LogP contribution in [0.3, 0.4) is 0 Å². The van der Waals surface area contributed by atoms with Gasteiger partial charge >= 0.3 is 0 Å². The molecular formula is C15H15NO2S2. The number of aliphatic hydroxyl groups excluding tert-OH is 1. The summed E-state index contributed by atoms with van der Waals surface area (Å²) in [5.74, 6) is 5.90. The van der Waals surface area contributed by atoms with Crippen LogP contribution in [0.15, 0.2) is 29.0 Å². The Morgan fingerprint density at radius 2 is 2.25 bits per heavy atom. The monoisotopic (exact) mass is 305 g/mol. The minimum absolute atomic E-state index is 0.0321. The second-order valence-corrected chi connectivity index (χ2v) is 6.07. The van der Waals surface area contributed by atoms with Gasteiger partial charge in [-0.25, -0.2) is 0 Å². The van der Waals surface area contributed by atoms with Crippen molar-refractivity contribution < 1.29 is 9.90 Å². The third-order valence-corrected chi connectivity index (χ3v) is 4.25. The lowest BCUT2D eigenvalue weighted by Crippen LogP contribution is -2.23. The Balaban J connectivity index is 1.79. The molecule has 3 nitrogen and oxygen atoms in total. The lowest BCUT2D eigenvalue weighted by atomic mass is 10.2. The van der Waals surface area contributed by atoms with E-state index in [4.69, 9.17) is 5.11 Å². The molecule has 0 fully saturated rings. The van der Waals surface area contributed by atoms with Gasteiger partial charge < -0.3 is 10.4 Å². The molecule has 1 amide bonds. The quantitative estimate of drug-likeness (QED) is 0.833. The van der Waals surface area contributed by atoms with E-state index >= 15 is 0 Å². The van der Waals surface area contributed by atoms with Crippen molar-refractivity contribution in [2.24, 2.45) is 0 Å². The lowest BCUT2D eigenvalue weighted by Gasteiger charge is -2.01. The molecule has 20 heavy (non-hydrogen) atoms. The van der Waals surface area contributed by atoms with Crippen LogP contribution in [0.4, 0.5) is 0 Å². The summed E-state index contributed by atoms with van der Waals surface area (Å²) in [5.41, 5.74) is 1.05. The molecule has 0 aromatic carbocycles. The number of carbonyl (C=O) groups is 1. The molecule has 0 aliphatic heterocycles. The van der Waals surface area contributed by atoms with Gasteiger partial charge in [-0.3, -0.25) is 4.79 Å². The molecule has 2 aromatic rings. The highest BCUT2D eigenvalue weighted by atomic mass is 32.1. The largest absolute Gasteiger partial charge is 0.395 e. The van der Waals surface area contributed by atoms with Crippen molar-refractivity contribution in [2.45, 2.75) is 19.4 Å². The number of hydrogen-bond acceptors (Lipinski definition) is 4. The zero-order valence-corrected chi connectivity index (χ0v) is 12.5. The van der Waals surface area contributed by atoms with E-state index in [0.717, 1.165) is 15.3 Å². The first kappa shape index (κ1) is 14.8. The molecule has 0 aliphatic carbocycles. The Bertz CT molecular complexity index is 605. The van der Waals surface area contributed by atoms with E-state index in [0.29, 0.717) is 19.4 Å². The molecule has 2 rings (SSSR count). The molecule has 0 saturated heterocycles. The molecule has 0 atom stereocenters. The second-order valence-electron chi connectivity index (χ2n) is 4.13. The van der Waals surface area contributed by atoms with Crippen LogP contribution in [0.2, 0.25) is 0 Å². The Morgan fingerprint density at radius 1 is 1.35 bits per heavy atom. The summed E-state index contributed by atoms with van der Waals surface area (Å²) >= 11 is 3.16. The first-order valence-electron chi connectivity index (χ1n) is 6.24. The van der Waals surface area contributed by atoms with Gasteiger partial charge in [-0.05, 0) is 34.5 Å². The van der Waals surface area contributed by atoms with Crippen LogP contribution < -0.4 is 5.32 Å². The minimum Gasteiger partial charge on any atom is -0.395 e. The molecule has 104 valence electrons. The smallest absolute Gasteiger partial charge is 0.224 e. The van der Waals surface area contributed by atoms with Gasteiger partial charge in [-0.2, -0.15) is 11.3 Å². The fourth-order valence-electron chi connectivity index (χ4n) is 1.57. The van der Waals surface area contributed by atoms with Crippen molar-refractivity contribution in [3.8, 4) is 11.8 Å². The van der Waals surface area contributed by atoms with Crippen molar-refractivity contribution in [1.82, 2.24) is 5.32 Å². The summed E-state index contributed by atoms with van der Waals surface area (Å²) in [4.78, 5) is 13.8. The summed E-state index contributed by atoms with van der Waals surface area (Å²) < 4.78 is 0. The predicted octanol–water partition coefficient (Wildman–Crippen LogP) is 2.40. The maximum Gasteiger partial charge on any atom is 0.224 e. The minimum atomic E-state index is 0.0321. The van der Waals surface area contributed by atoms with Gasteiger partial charge in [-0.15, -0.1) is 11.3 Å². The van der Waals surface area contributed by atoms with Crippen molar-refractivity contribution >= 4 is 28.6 Å². The molecule has 0 saturated carbocycles. The van der Waals surface area contributed by atoms with Gasteiger partial charge in [0.05, 0.1) is 24.4 Å². The number of carbonyl (C=O) groups excluding carboxylic acids is 1. The van der Waals surface area contributed by atoms with Crippen molar-refractivity contribution in [3.63, 3.8) is 0 Å². The fraction of sp³-hybridized carbons (Fsp3) is 0.267. The summed E-state index contributed by atoms with van der Waals surface area (Å²) in [6, 6.07) is 5.87. The van der Waals surface area contributed by atoms with Crippen LogP contribution in [0.1, 0.15) is 21.7 Å². The van der Waals surface area contributed by atoms with Crippen LogP contribution in [-0.2, 0) is 17.8 Å². The van der Waals surface area contributed by atoms with Crippen LogP contribution in [0.25, 0.3) is 0 Å². The maximum absolute atomic E-state index is 11.7. The van der Waals surface area contributed by atoms with Crippen LogP contribution >= 0.6 is 22.7 Å². The molecule has 2 aromatic heterocycles. The maximum atomic E-state index is 11.7. The van der Waals surface area contributed by atoms with Crippen molar-refractivity contribution in [2.75, 3.05) is 6.61 Å². The van der Waals surface area contributed by atoms with Gasteiger partial charge in [0.15, 0.2) is 0 Å². The first-order chi connectivity index (χ1) is 9.78. The Kier molecular flexibility index (Phi) is 5.81. The van der Waals surface area contributed by atoms with E-state index in [1.807, 2.05) is 29.0 Å². The van der Waals surface area contributed by atoms with Crippen molar-refractivity contribution in [3.05, 3.63) is 44.3 Å². The molecule has 0 unspecified atom stereocenters. The zero-order valence-electron chi connectivity index (χ0n) is 10.9. The summed E-state index contributed by atoms with van der Waals surface area (Å²) in [7, 11) is 0. The molecule has 2 N–H and O–H groups in total. The first-order valence-corrected chi connectivity index (χ1v) is 8.00. The van der Waals surface area contributed by atoms with Gasteiger partial charge in [0, 0.05) is 11.3 Å². The van der Waals surface area contributed by atoms with E-state index in [9.17, 15) is 4.79 Å². The molecule has 0 spiro atoms. The van der Waals surface area contributed by atoms with Gasteiger partial charge in [0.25, 0.3) is 0 Å². The van der Waals surface area contributed by atoms with E-state index < -0.39 is 0 Å².